The van der Waals surface area contributed by atoms with Gasteiger partial charge in [-0.15, -0.1) is 0 Å². The van der Waals surface area contributed by atoms with Gasteiger partial charge < -0.3 is 40.1 Å². The van der Waals surface area contributed by atoms with E-state index in [1.54, 1.807) is 20.8 Å². The monoisotopic (exact) mass is 505 g/mol. The predicted octanol–water partition coefficient (Wildman–Crippen LogP) is 1.91. The molecule has 11 nitrogen and oxygen atoms in total. The van der Waals surface area contributed by atoms with Crippen LogP contribution in [0.5, 0.6) is 0 Å². The van der Waals surface area contributed by atoms with Crippen LogP contribution in [-0.4, -0.2) is 87.9 Å². The maximum absolute atomic E-state index is 12.0. The molecule has 0 rings (SSSR count). The largest absolute Gasteiger partial charge is 0.460 e. The number of nitrogens with one attached hydrogen (secondary N) is 2. The molecule has 0 aromatic carbocycles. The molecular weight excluding hydrogens is 458 g/mol. The summed E-state index contributed by atoms with van der Waals surface area (Å²) in [5.74, 6) is -0.513. The number of nitrogens with two attached hydrogens (primary N) is 1. The maximum Gasteiger partial charge on any atom is 0.407 e. The molecule has 11 heteroatoms. The minimum absolute atomic E-state index is 0.209. The van der Waals surface area contributed by atoms with Crippen molar-refractivity contribution >= 4 is 18.0 Å². The van der Waals surface area contributed by atoms with Gasteiger partial charge in [0.2, 0.25) is 5.91 Å². The Balaban J connectivity index is 3.50. The first-order chi connectivity index (χ1) is 16.3. The number of carbonyl (C=O) groups excluding carboxylic acids is 3. The van der Waals surface area contributed by atoms with Gasteiger partial charge in [0, 0.05) is 13.1 Å². The van der Waals surface area contributed by atoms with E-state index in [-0.39, 0.29) is 18.3 Å². The van der Waals surface area contributed by atoms with E-state index in [0.29, 0.717) is 72.0 Å². The first-order valence-electron chi connectivity index (χ1n) is 12.3. The lowest BCUT2D eigenvalue weighted by Crippen LogP contribution is -2.42. The van der Waals surface area contributed by atoms with Gasteiger partial charge in [-0.2, -0.15) is 0 Å². The summed E-state index contributed by atoms with van der Waals surface area (Å²) in [5.41, 5.74) is 4.88. The fourth-order valence-corrected chi connectivity index (χ4v) is 2.59. The average Bonchev–Trinajstić information content (AvgIpc) is 2.71. The standard InChI is InChI=1S/C24H47N3O8/c1-23(2,3)34-20(28)10-13-31-15-17-33-18-16-32-14-12-26-21(29)19(25)9-7-8-11-27-22(30)35-24(4,5)6/h19H,7-18,25H2,1-6H3,(H,26,29)(H,27,30). The molecule has 206 valence electrons. The van der Waals surface area contributed by atoms with Gasteiger partial charge >= 0.3 is 12.1 Å². The van der Waals surface area contributed by atoms with Crippen molar-refractivity contribution in [3.63, 3.8) is 0 Å². The Morgan fingerprint density at radius 2 is 1.26 bits per heavy atom. The second kappa shape index (κ2) is 18.3. The highest BCUT2D eigenvalue weighted by molar-refractivity contribution is 5.81. The number of alkyl carbamates (subject to hydrolysis) is 1. The van der Waals surface area contributed by atoms with Crippen molar-refractivity contribution in [1.82, 2.24) is 10.6 Å². The van der Waals surface area contributed by atoms with Gasteiger partial charge in [0.1, 0.15) is 11.2 Å². The zero-order chi connectivity index (χ0) is 26.7. The lowest BCUT2D eigenvalue weighted by molar-refractivity contribution is -0.156. The van der Waals surface area contributed by atoms with Gasteiger partial charge in [-0.1, -0.05) is 0 Å². The van der Waals surface area contributed by atoms with E-state index in [4.69, 9.17) is 29.4 Å². The van der Waals surface area contributed by atoms with E-state index in [0.717, 1.165) is 0 Å². The summed E-state index contributed by atoms with van der Waals surface area (Å²) in [4.78, 5) is 35.1. The van der Waals surface area contributed by atoms with Gasteiger partial charge in [0.15, 0.2) is 0 Å². The van der Waals surface area contributed by atoms with Crippen LogP contribution in [0.15, 0.2) is 0 Å². The molecule has 0 aromatic heterocycles. The van der Waals surface area contributed by atoms with Crippen molar-refractivity contribution < 1.29 is 38.1 Å². The third kappa shape index (κ3) is 23.6. The zero-order valence-electron chi connectivity index (χ0n) is 22.4. The van der Waals surface area contributed by atoms with E-state index >= 15 is 0 Å². The Morgan fingerprint density at radius 3 is 1.83 bits per heavy atom. The van der Waals surface area contributed by atoms with Gasteiger partial charge in [-0.25, -0.2) is 4.79 Å². The molecule has 0 saturated carbocycles. The lowest BCUT2D eigenvalue weighted by Gasteiger charge is -2.19. The van der Waals surface area contributed by atoms with Gasteiger partial charge in [0.05, 0.1) is 52.1 Å². The van der Waals surface area contributed by atoms with Crippen LogP contribution in [0, 0.1) is 0 Å². The quantitative estimate of drug-likeness (QED) is 0.188. The normalized spacial score (nSPS) is 12.7. The second-order valence-electron chi connectivity index (χ2n) is 10.00. The third-order valence-electron chi connectivity index (χ3n) is 4.11. The van der Waals surface area contributed by atoms with Crippen molar-refractivity contribution in [2.75, 3.05) is 52.7 Å². The fourth-order valence-electron chi connectivity index (χ4n) is 2.59. The third-order valence-corrected chi connectivity index (χ3v) is 4.11. The molecular formula is C24H47N3O8. The Kier molecular flexibility index (Phi) is 17.3. The fraction of sp³-hybridized carbons (Fsp3) is 0.875. The van der Waals surface area contributed by atoms with E-state index < -0.39 is 23.3 Å². The molecule has 0 bridgehead atoms. The van der Waals surface area contributed by atoms with Crippen molar-refractivity contribution in [2.24, 2.45) is 5.73 Å². The first-order valence-corrected chi connectivity index (χ1v) is 12.3. The summed E-state index contributed by atoms with van der Waals surface area (Å²) in [6.07, 6.45) is 1.70. The number of ether oxygens (including phenoxy) is 5. The number of hydrogen-bond donors (Lipinski definition) is 3. The molecule has 0 aliphatic carbocycles. The highest BCUT2D eigenvalue weighted by Gasteiger charge is 2.17. The van der Waals surface area contributed by atoms with Crippen LogP contribution in [0.2, 0.25) is 0 Å². The van der Waals surface area contributed by atoms with Crippen molar-refractivity contribution in [2.45, 2.75) is 84.5 Å². The van der Waals surface area contributed by atoms with E-state index in [2.05, 4.69) is 10.6 Å². The number of hydrogen-bond acceptors (Lipinski definition) is 9. The minimum Gasteiger partial charge on any atom is -0.460 e. The second-order valence-corrected chi connectivity index (χ2v) is 10.00. The van der Waals surface area contributed by atoms with Crippen LogP contribution in [0.4, 0.5) is 4.79 Å². The number of unbranched alkanes of at least 4 members (excludes halogenated alkanes) is 1. The molecule has 1 unspecified atom stereocenters. The number of esters is 1. The number of rotatable bonds is 18. The molecule has 0 spiro atoms. The van der Waals surface area contributed by atoms with Gasteiger partial charge in [-0.05, 0) is 60.8 Å². The van der Waals surface area contributed by atoms with Crippen LogP contribution < -0.4 is 16.4 Å². The Morgan fingerprint density at radius 1 is 0.714 bits per heavy atom. The molecule has 35 heavy (non-hydrogen) atoms. The number of carbonyl (C=O) groups is 3. The van der Waals surface area contributed by atoms with E-state index in [1.165, 1.54) is 0 Å². The Hall–Kier alpha value is -1.95. The maximum atomic E-state index is 12.0. The molecule has 1 atom stereocenters. The predicted molar refractivity (Wildman–Crippen MR) is 132 cm³/mol. The van der Waals surface area contributed by atoms with Crippen LogP contribution in [-0.2, 0) is 33.3 Å². The number of amides is 2. The van der Waals surface area contributed by atoms with Crippen molar-refractivity contribution in [3.05, 3.63) is 0 Å². The summed E-state index contributed by atoms with van der Waals surface area (Å²) < 4.78 is 26.5. The van der Waals surface area contributed by atoms with Crippen LogP contribution in [0.1, 0.15) is 67.2 Å². The average molecular weight is 506 g/mol. The highest BCUT2D eigenvalue weighted by Crippen LogP contribution is 2.08. The van der Waals surface area contributed by atoms with E-state index in [1.807, 2.05) is 20.8 Å². The van der Waals surface area contributed by atoms with Crippen LogP contribution in [0.25, 0.3) is 0 Å². The summed E-state index contributed by atoms with van der Waals surface area (Å²) in [6, 6.07) is -0.602. The molecule has 0 fully saturated rings. The molecule has 0 saturated heterocycles. The van der Waals surface area contributed by atoms with Gasteiger partial charge in [0.25, 0.3) is 0 Å². The van der Waals surface area contributed by atoms with E-state index in [9.17, 15) is 14.4 Å². The van der Waals surface area contributed by atoms with Gasteiger partial charge in [-0.3, -0.25) is 9.59 Å². The molecule has 4 N–H and O–H groups in total. The molecule has 2 amide bonds. The highest BCUT2D eigenvalue weighted by atomic mass is 16.6. The molecule has 0 aliphatic rings. The summed E-state index contributed by atoms with van der Waals surface area (Å²) >= 11 is 0. The minimum atomic E-state index is -0.602. The van der Waals surface area contributed by atoms with Crippen LogP contribution in [0.3, 0.4) is 0 Å². The molecule has 0 heterocycles. The summed E-state index contributed by atoms with van der Waals surface area (Å²) in [5, 5.41) is 5.41. The molecule has 0 aliphatic heterocycles. The topological polar surface area (TPSA) is 147 Å². The first kappa shape index (κ1) is 33.0. The SMILES string of the molecule is CC(C)(C)OC(=O)CCOCCOCCOCCNC(=O)C(N)CCCCNC(=O)OC(C)(C)C. The summed E-state index contributed by atoms with van der Waals surface area (Å²) in [6.45, 7) is 13.9. The lowest BCUT2D eigenvalue weighted by atomic mass is 10.1. The Labute approximate surface area is 210 Å². The molecule has 0 aromatic rings. The van der Waals surface area contributed by atoms with Crippen molar-refractivity contribution in [1.29, 1.82) is 0 Å². The van der Waals surface area contributed by atoms with Crippen LogP contribution >= 0.6 is 0 Å². The summed E-state index contributed by atoms with van der Waals surface area (Å²) in [7, 11) is 0. The zero-order valence-corrected chi connectivity index (χ0v) is 22.4. The Bertz CT molecular complexity index is 603. The smallest absolute Gasteiger partial charge is 0.407 e. The van der Waals surface area contributed by atoms with Crippen molar-refractivity contribution in [3.8, 4) is 0 Å². The molecule has 0 radical (unpaired) electrons.